The van der Waals surface area contributed by atoms with E-state index < -0.39 is 0 Å². The second-order valence-electron chi connectivity index (χ2n) is 4.20. The molecule has 0 aliphatic heterocycles. The highest BCUT2D eigenvalue weighted by molar-refractivity contribution is 5.51. The molecular weight excluding hydrogens is 243 g/mol. The Morgan fingerprint density at radius 3 is 2.68 bits per heavy atom. The van der Waals surface area contributed by atoms with Crippen LogP contribution in [-0.2, 0) is 0 Å². The first-order valence-corrected chi connectivity index (χ1v) is 6.30. The number of hydrogen-bond donors (Lipinski definition) is 1. The molecule has 1 aromatic heterocycles. The van der Waals surface area contributed by atoms with Crippen LogP contribution in [0.15, 0.2) is 42.6 Å². The van der Waals surface area contributed by atoms with Crippen LogP contribution in [0.3, 0.4) is 0 Å². The van der Waals surface area contributed by atoms with Gasteiger partial charge in [-0.05, 0) is 43.7 Å². The maximum atomic E-state index is 12.9. The molecule has 100 valence electrons. The molecule has 1 N–H and O–H groups in total. The lowest BCUT2D eigenvalue weighted by Gasteiger charge is -2.17. The van der Waals surface area contributed by atoms with Gasteiger partial charge in [0, 0.05) is 6.20 Å². The fraction of sp³-hybridized carbons (Fsp3) is 0.267. The van der Waals surface area contributed by atoms with E-state index in [0.717, 1.165) is 11.3 Å². The van der Waals surface area contributed by atoms with E-state index in [9.17, 15) is 4.39 Å². The van der Waals surface area contributed by atoms with Crippen molar-refractivity contribution >= 4 is 5.82 Å². The molecule has 0 amide bonds. The summed E-state index contributed by atoms with van der Waals surface area (Å²) in [5.41, 5.74) is 0.995. The summed E-state index contributed by atoms with van der Waals surface area (Å²) in [5, 5.41) is 3.27. The molecule has 0 aliphatic carbocycles. The highest BCUT2D eigenvalue weighted by atomic mass is 19.1. The normalized spacial score (nSPS) is 11.9. The van der Waals surface area contributed by atoms with Gasteiger partial charge in [-0.15, -0.1) is 0 Å². The summed E-state index contributed by atoms with van der Waals surface area (Å²) < 4.78 is 18.4. The SMILES string of the molecule is CCOc1cccnc1NC(C)c1ccc(F)cc1. The average molecular weight is 260 g/mol. The van der Waals surface area contributed by atoms with Crippen LogP contribution in [-0.4, -0.2) is 11.6 Å². The quantitative estimate of drug-likeness (QED) is 0.888. The second kappa shape index (κ2) is 6.18. The fourth-order valence-corrected chi connectivity index (χ4v) is 1.81. The smallest absolute Gasteiger partial charge is 0.169 e. The number of rotatable bonds is 5. The predicted molar refractivity (Wildman–Crippen MR) is 73.8 cm³/mol. The lowest BCUT2D eigenvalue weighted by molar-refractivity contribution is 0.340. The van der Waals surface area contributed by atoms with Crippen molar-refractivity contribution < 1.29 is 9.13 Å². The van der Waals surface area contributed by atoms with Crippen molar-refractivity contribution in [3.8, 4) is 5.75 Å². The van der Waals surface area contributed by atoms with Crippen LogP contribution in [0.4, 0.5) is 10.2 Å². The summed E-state index contributed by atoms with van der Waals surface area (Å²) in [7, 11) is 0. The topological polar surface area (TPSA) is 34.1 Å². The van der Waals surface area contributed by atoms with Crippen LogP contribution in [0.25, 0.3) is 0 Å². The summed E-state index contributed by atoms with van der Waals surface area (Å²) in [5.74, 6) is 1.18. The molecule has 1 unspecified atom stereocenters. The number of hydrogen-bond acceptors (Lipinski definition) is 3. The van der Waals surface area contributed by atoms with Crippen molar-refractivity contribution in [1.29, 1.82) is 0 Å². The zero-order chi connectivity index (χ0) is 13.7. The van der Waals surface area contributed by atoms with Gasteiger partial charge in [-0.1, -0.05) is 12.1 Å². The molecule has 1 heterocycles. The van der Waals surface area contributed by atoms with Crippen LogP contribution < -0.4 is 10.1 Å². The molecule has 4 heteroatoms. The monoisotopic (exact) mass is 260 g/mol. The van der Waals surface area contributed by atoms with Crippen molar-refractivity contribution in [3.05, 3.63) is 54.0 Å². The first-order chi connectivity index (χ1) is 9.20. The van der Waals surface area contributed by atoms with Crippen molar-refractivity contribution in [2.45, 2.75) is 19.9 Å². The van der Waals surface area contributed by atoms with Gasteiger partial charge >= 0.3 is 0 Å². The third kappa shape index (κ3) is 3.44. The highest BCUT2D eigenvalue weighted by Crippen LogP contribution is 2.25. The average Bonchev–Trinajstić information content (AvgIpc) is 2.42. The van der Waals surface area contributed by atoms with Gasteiger partial charge in [0.05, 0.1) is 12.6 Å². The third-order valence-electron chi connectivity index (χ3n) is 2.79. The van der Waals surface area contributed by atoms with E-state index in [1.54, 1.807) is 18.3 Å². The molecule has 2 aromatic rings. The Labute approximate surface area is 112 Å². The van der Waals surface area contributed by atoms with Crippen LogP contribution in [0, 0.1) is 5.82 Å². The Bertz CT molecular complexity index is 528. The van der Waals surface area contributed by atoms with Gasteiger partial charge in [0.2, 0.25) is 0 Å². The minimum absolute atomic E-state index is 0.0229. The Balaban J connectivity index is 2.14. The number of ether oxygens (including phenoxy) is 1. The van der Waals surface area contributed by atoms with Gasteiger partial charge in [0.1, 0.15) is 5.82 Å². The Morgan fingerprint density at radius 2 is 2.00 bits per heavy atom. The van der Waals surface area contributed by atoms with E-state index in [1.165, 1.54) is 12.1 Å². The molecule has 19 heavy (non-hydrogen) atoms. The Morgan fingerprint density at radius 1 is 1.26 bits per heavy atom. The molecule has 1 atom stereocenters. The molecule has 2 rings (SSSR count). The van der Waals surface area contributed by atoms with E-state index in [2.05, 4.69) is 10.3 Å². The number of anilines is 1. The van der Waals surface area contributed by atoms with Crippen molar-refractivity contribution in [1.82, 2.24) is 4.98 Å². The number of benzene rings is 1. The fourth-order valence-electron chi connectivity index (χ4n) is 1.81. The summed E-state index contributed by atoms with van der Waals surface area (Å²) in [6.45, 7) is 4.52. The predicted octanol–water partition coefficient (Wildman–Crippen LogP) is 3.79. The molecule has 0 fully saturated rings. The first-order valence-electron chi connectivity index (χ1n) is 6.30. The van der Waals surface area contributed by atoms with Crippen LogP contribution >= 0.6 is 0 Å². The van der Waals surface area contributed by atoms with E-state index in [-0.39, 0.29) is 11.9 Å². The molecule has 0 saturated heterocycles. The highest BCUT2D eigenvalue weighted by Gasteiger charge is 2.09. The molecular formula is C15H17FN2O. The summed E-state index contributed by atoms with van der Waals surface area (Å²) in [4.78, 5) is 4.27. The van der Waals surface area contributed by atoms with E-state index >= 15 is 0 Å². The molecule has 0 spiro atoms. The van der Waals surface area contributed by atoms with Gasteiger partial charge in [0.25, 0.3) is 0 Å². The molecule has 0 radical (unpaired) electrons. The van der Waals surface area contributed by atoms with Gasteiger partial charge < -0.3 is 10.1 Å². The number of nitrogens with one attached hydrogen (secondary N) is 1. The van der Waals surface area contributed by atoms with Crippen molar-refractivity contribution in [3.63, 3.8) is 0 Å². The van der Waals surface area contributed by atoms with Gasteiger partial charge in [-0.25, -0.2) is 9.37 Å². The molecule has 1 aromatic carbocycles. The summed E-state index contributed by atoms with van der Waals surface area (Å²) >= 11 is 0. The zero-order valence-electron chi connectivity index (χ0n) is 11.1. The number of pyridine rings is 1. The molecule has 3 nitrogen and oxygen atoms in total. The largest absolute Gasteiger partial charge is 0.490 e. The lowest BCUT2D eigenvalue weighted by Crippen LogP contribution is -2.09. The Hall–Kier alpha value is -2.10. The first kappa shape index (κ1) is 13.3. The van der Waals surface area contributed by atoms with Gasteiger partial charge in [0.15, 0.2) is 11.6 Å². The summed E-state index contributed by atoms with van der Waals surface area (Å²) in [6.07, 6.45) is 1.71. The number of halogens is 1. The summed E-state index contributed by atoms with van der Waals surface area (Å²) in [6, 6.07) is 10.2. The maximum absolute atomic E-state index is 12.9. The van der Waals surface area contributed by atoms with Gasteiger partial charge in [-0.3, -0.25) is 0 Å². The minimum atomic E-state index is -0.233. The number of nitrogens with zero attached hydrogens (tertiary/aromatic N) is 1. The van der Waals surface area contributed by atoms with E-state index in [0.29, 0.717) is 12.4 Å². The maximum Gasteiger partial charge on any atom is 0.169 e. The number of aromatic nitrogens is 1. The molecule has 0 bridgehead atoms. The molecule has 0 aliphatic rings. The standard InChI is InChI=1S/C15H17FN2O/c1-3-19-14-5-4-10-17-15(14)18-11(2)12-6-8-13(16)9-7-12/h4-11H,3H2,1-2H3,(H,17,18). The van der Waals surface area contributed by atoms with E-state index in [1.807, 2.05) is 26.0 Å². The zero-order valence-corrected chi connectivity index (χ0v) is 11.1. The third-order valence-corrected chi connectivity index (χ3v) is 2.79. The lowest BCUT2D eigenvalue weighted by atomic mass is 10.1. The van der Waals surface area contributed by atoms with Crippen LogP contribution in [0.1, 0.15) is 25.5 Å². The van der Waals surface area contributed by atoms with Crippen LogP contribution in [0.2, 0.25) is 0 Å². The van der Waals surface area contributed by atoms with E-state index in [4.69, 9.17) is 4.74 Å². The van der Waals surface area contributed by atoms with Crippen LogP contribution in [0.5, 0.6) is 5.75 Å². The second-order valence-corrected chi connectivity index (χ2v) is 4.20. The Kier molecular flexibility index (Phi) is 4.34. The van der Waals surface area contributed by atoms with Gasteiger partial charge in [-0.2, -0.15) is 0 Å². The minimum Gasteiger partial charge on any atom is -0.490 e. The van der Waals surface area contributed by atoms with Crippen molar-refractivity contribution in [2.75, 3.05) is 11.9 Å². The van der Waals surface area contributed by atoms with Crippen molar-refractivity contribution in [2.24, 2.45) is 0 Å². The molecule has 0 saturated carbocycles.